The SMILES string of the molecule is CCCN(CCC)C(=O)c1cc(N(C)CCc2ccncc2)nc(C)n1. The number of aryl methyl sites for hydroxylation is 1. The number of carbonyl (C=O) groups is 1. The molecule has 1 amide bonds. The smallest absolute Gasteiger partial charge is 0.272 e. The molecule has 0 atom stereocenters. The van der Waals surface area contributed by atoms with Gasteiger partial charge in [0.1, 0.15) is 17.3 Å². The maximum Gasteiger partial charge on any atom is 0.272 e. The highest BCUT2D eigenvalue weighted by Gasteiger charge is 2.18. The average molecular weight is 355 g/mol. The number of amides is 1. The lowest BCUT2D eigenvalue weighted by Crippen LogP contribution is -2.33. The van der Waals surface area contributed by atoms with E-state index >= 15 is 0 Å². The van der Waals surface area contributed by atoms with Crippen molar-refractivity contribution in [2.45, 2.75) is 40.0 Å². The van der Waals surface area contributed by atoms with Gasteiger partial charge in [0.25, 0.3) is 5.91 Å². The van der Waals surface area contributed by atoms with Crippen LogP contribution in [0.1, 0.15) is 48.6 Å². The molecule has 2 aromatic rings. The monoisotopic (exact) mass is 355 g/mol. The first-order chi connectivity index (χ1) is 12.5. The summed E-state index contributed by atoms with van der Waals surface area (Å²) in [5.74, 6) is 1.39. The van der Waals surface area contributed by atoms with Gasteiger partial charge in [0.15, 0.2) is 0 Å². The summed E-state index contributed by atoms with van der Waals surface area (Å²) in [6.45, 7) is 8.31. The molecular weight excluding hydrogens is 326 g/mol. The standard InChI is InChI=1S/C20H29N5O/c1-5-12-25(13-6-2)20(26)18-15-19(23-16(3)22-18)24(4)14-9-17-7-10-21-11-8-17/h7-8,10-11,15H,5-6,9,12-14H2,1-4H3. The molecule has 6 heteroatoms. The minimum Gasteiger partial charge on any atom is -0.359 e. The van der Waals surface area contributed by atoms with Gasteiger partial charge in [0, 0.05) is 45.1 Å². The van der Waals surface area contributed by atoms with Gasteiger partial charge in [-0.25, -0.2) is 9.97 Å². The van der Waals surface area contributed by atoms with E-state index in [0.29, 0.717) is 11.5 Å². The molecule has 0 aliphatic rings. The molecule has 2 aromatic heterocycles. The van der Waals surface area contributed by atoms with Crippen LogP contribution in [0.5, 0.6) is 0 Å². The highest BCUT2D eigenvalue weighted by Crippen LogP contribution is 2.14. The normalized spacial score (nSPS) is 10.6. The van der Waals surface area contributed by atoms with E-state index in [1.165, 1.54) is 5.56 Å². The van der Waals surface area contributed by atoms with Gasteiger partial charge in [0.2, 0.25) is 0 Å². The summed E-state index contributed by atoms with van der Waals surface area (Å²) in [5.41, 5.74) is 1.70. The molecule has 0 N–H and O–H groups in total. The summed E-state index contributed by atoms with van der Waals surface area (Å²) in [4.78, 5) is 29.7. The van der Waals surface area contributed by atoms with Crippen LogP contribution in [0, 0.1) is 6.92 Å². The number of hydrogen-bond acceptors (Lipinski definition) is 5. The summed E-state index contributed by atoms with van der Waals surface area (Å²) in [6.07, 6.45) is 6.38. The Balaban J connectivity index is 2.13. The molecule has 2 heterocycles. The zero-order valence-corrected chi connectivity index (χ0v) is 16.3. The molecule has 0 spiro atoms. The second kappa shape index (κ2) is 9.85. The molecule has 0 aromatic carbocycles. The fourth-order valence-electron chi connectivity index (χ4n) is 2.83. The van der Waals surface area contributed by atoms with E-state index in [9.17, 15) is 4.79 Å². The third-order valence-electron chi connectivity index (χ3n) is 4.19. The predicted molar refractivity (Wildman–Crippen MR) is 104 cm³/mol. The predicted octanol–water partition coefficient (Wildman–Crippen LogP) is 3.12. The number of hydrogen-bond donors (Lipinski definition) is 0. The Kier molecular flexibility index (Phi) is 7.51. The van der Waals surface area contributed by atoms with Crippen molar-refractivity contribution in [1.29, 1.82) is 0 Å². The Hall–Kier alpha value is -2.50. The minimum absolute atomic E-state index is 0.0111. The van der Waals surface area contributed by atoms with Gasteiger partial charge in [-0.2, -0.15) is 0 Å². The zero-order valence-electron chi connectivity index (χ0n) is 16.3. The van der Waals surface area contributed by atoms with E-state index in [-0.39, 0.29) is 5.91 Å². The van der Waals surface area contributed by atoms with Crippen molar-refractivity contribution in [3.8, 4) is 0 Å². The quantitative estimate of drug-likeness (QED) is 0.691. The molecule has 140 valence electrons. The van der Waals surface area contributed by atoms with E-state index in [2.05, 4.69) is 33.7 Å². The van der Waals surface area contributed by atoms with Crippen LogP contribution in [0.4, 0.5) is 5.82 Å². The number of rotatable bonds is 9. The molecule has 0 radical (unpaired) electrons. The number of pyridine rings is 1. The Labute approximate surface area is 156 Å². The van der Waals surface area contributed by atoms with Gasteiger partial charge < -0.3 is 9.80 Å². The van der Waals surface area contributed by atoms with Crippen LogP contribution >= 0.6 is 0 Å². The van der Waals surface area contributed by atoms with Crippen molar-refractivity contribution in [1.82, 2.24) is 19.9 Å². The highest BCUT2D eigenvalue weighted by atomic mass is 16.2. The number of nitrogens with zero attached hydrogens (tertiary/aromatic N) is 5. The summed E-state index contributed by atoms with van der Waals surface area (Å²) < 4.78 is 0. The Morgan fingerprint density at radius 1 is 1.04 bits per heavy atom. The van der Waals surface area contributed by atoms with Crippen LogP contribution in [0.25, 0.3) is 0 Å². The molecule has 0 saturated carbocycles. The number of aromatic nitrogens is 3. The average Bonchev–Trinajstić information content (AvgIpc) is 2.65. The minimum atomic E-state index is -0.0111. The fraction of sp³-hybridized carbons (Fsp3) is 0.500. The first kappa shape index (κ1) is 19.8. The van der Waals surface area contributed by atoms with Crippen LogP contribution in [0.3, 0.4) is 0 Å². The van der Waals surface area contributed by atoms with Gasteiger partial charge in [-0.15, -0.1) is 0 Å². The Morgan fingerprint density at radius 3 is 2.31 bits per heavy atom. The fourth-order valence-corrected chi connectivity index (χ4v) is 2.83. The summed E-state index contributed by atoms with van der Waals surface area (Å²) in [7, 11) is 1.99. The first-order valence-electron chi connectivity index (χ1n) is 9.30. The molecular formula is C20H29N5O. The molecule has 0 aliphatic carbocycles. The number of anilines is 1. The van der Waals surface area contributed by atoms with Gasteiger partial charge >= 0.3 is 0 Å². The third-order valence-corrected chi connectivity index (χ3v) is 4.19. The molecule has 2 rings (SSSR count). The van der Waals surface area contributed by atoms with Gasteiger partial charge in [0.05, 0.1) is 0 Å². The van der Waals surface area contributed by atoms with Crippen LogP contribution in [-0.2, 0) is 6.42 Å². The lowest BCUT2D eigenvalue weighted by atomic mass is 10.2. The second-order valence-corrected chi connectivity index (χ2v) is 6.48. The summed E-state index contributed by atoms with van der Waals surface area (Å²) in [6, 6.07) is 5.84. The zero-order chi connectivity index (χ0) is 18.9. The lowest BCUT2D eigenvalue weighted by Gasteiger charge is -2.23. The van der Waals surface area contributed by atoms with E-state index in [0.717, 1.165) is 44.7 Å². The summed E-state index contributed by atoms with van der Waals surface area (Å²) >= 11 is 0. The van der Waals surface area contributed by atoms with Crippen LogP contribution in [0.15, 0.2) is 30.6 Å². The van der Waals surface area contributed by atoms with Crippen LogP contribution in [0.2, 0.25) is 0 Å². The van der Waals surface area contributed by atoms with Crippen molar-refractivity contribution in [2.75, 3.05) is 31.6 Å². The first-order valence-corrected chi connectivity index (χ1v) is 9.30. The Bertz CT molecular complexity index is 699. The molecule has 6 nitrogen and oxygen atoms in total. The summed E-state index contributed by atoms with van der Waals surface area (Å²) in [5, 5.41) is 0. The third kappa shape index (κ3) is 5.51. The number of carbonyl (C=O) groups excluding carboxylic acids is 1. The highest BCUT2D eigenvalue weighted by molar-refractivity contribution is 5.93. The molecule has 0 bridgehead atoms. The molecule has 26 heavy (non-hydrogen) atoms. The number of likely N-dealkylation sites (N-methyl/N-ethyl adjacent to an activating group) is 1. The van der Waals surface area contributed by atoms with Crippen molar-refractivity contribution in [3.63, 3.8) is 0 Å². The Morgan fingerprint density at radius 2 is 1.69 bits per heavy atom. The van der Waals surface area contributed by atoms with Crippen LogP contribution < -0.4 is 4.90 Å². The van der Waals surface area contributed by atoms with E-state index in [4.69, 9.17) is 0 Å². The van der Waals surface area contributed by atoms with Crippen molar-refractivity contribution in [2.24, 2.45) is 0 Å². The largest absolute Gasteiger partial charge is 0.359 e. The maximum absolute atomic E-state index is 12.8. The van der Waals surface area contributed by atoms with E-state index in [1.807, 2.05) is 31.0 Å². The van der Waals surface area contributed by atoms with Gasteiger partial charge in [-0.3, -0.25) is 9.78 Å². The van der Waals surface area contributed by atoms with Crippen molar-refractivity contribution < 1.29 is 4.79 Å². The van der Waals surface area contributed by atoms with Crippen molar-refractivity contribution in [3.05, 3.63) is 47.7 Å². The van der Waals surface area contributed by atoms with Crippen LogP contribution in [-0.4, -0.2) is 52.4 Å². The second-order valence-electron chi connectivity index (χ2n) is 6.48. The van der Waals surface area contributed by atoms with E-state index in [1.54, 1.807) is 18.5 Å². The van der Waals surface area contributed by atoms with E-state index < -0.39 is 0 Å². The molecule has 0 fully saturated rings. The molecule has 0 aliphatic heterocycles. The van der Waals surface area contributed by atoms with Gasteiger partial charge in [-0.05, 0) is 43.9 Å². The maximum atomic E-state index is 12.8. The van der Waals surface area contributed by atoms with Gasteiger partial charge in [-0.1, -0.05) is 13.8 Å². The topological polar surface area (TPSA) is 62.2 Å². The molecule has 0 unspecified atom stereocenters. The van der Waals surface area contributed by atoms with Crippen molar-refractivity contribution >= 4 is 11.7 Å². The molecule has 0 saturated heterocycles. The lowest BCUT2D eigenvalue weighted by molar-refractivity contribution is 0.0749.